The Bertz CT molecular complexity index is 394. The smallest absolute Gasteiger partial charge is 0.277 e. The van der Waals surface area contributed by atoms with Crippen LogP contribution in [0.5, 0.6) is 0 Å². The molecule has 1 N–H and O–H groups in total. The lowest BCUT2D eigenvalue weighted by molar-refractivity contribution is -0.0580. The van der Waals surface area contributed by atoms with Crippen molar-refractivity contribution >= 4 is 41.8 Å². The highest BCUT2D eigenvalue weighted by Crippen LogP contribution is 2.24. The van der Waals surface area contributed by atoms with Crippen molar-refractivity contribution in [3.05, 3.63) is 26.8 Å². The van der Waals surface area contributed by atoms with E-state index < -0.39 is 0 Å². The fraction of sp³-hybridized carbons (Fsp3) is 0.125. The first-order valence-electron chi connectivity index (χ1n) is 3.89. The van der Waals surface area contributed by atoms with Crippen molar-refractivity contribution in [2.24, 2.45) is 0 Å². The van der Waals surface area contributed by atoms with Crippen molar-refractivity contribution in [1.82, 2.24) is 5.06 Å². The van der Waals surface area contributed by atoms with Crippen LogP contribution in [0.25, 0.3) is 0 Å². The molecule has 0 fully saturated rings. The molecule has 1 amide bonds. The van der Waals surface area contributed by atoms with Crippen LogP contribution in [0.15, 0.2) is 12.1 Å². The van der Waals surface area contributed by atoms with Gasteiger partial charge in [0.2, 0.25) is 0 Å². The van der Waals surface area contributed by atoms with E-state index in [2.05, 4.69) is 22.6 Å². The van der Waals surface area contributed by atoms with E-state index in [9.17, 15) is 10.0 Å². The highest BCUT2D eigenvalue weighted by molar-refractivity contribution is 14.1. The number of hydrogen-bond donors (Lipinski definition) is 1. The van der Waals surface area contributed by atoms with Gasteiger partial charge in [-0.2, -0.15) is 0 Å². The average Bonchev–Trinajstić information content (AvgIpc) is 2.32. The molecule has 0 aromatic heterocycles. The Kier molecular flexibility index (Phi) is 2.07. The maximum atomic E-state index is 11.4. The fourth-order valence-electron chi connectivity index (χ4n) is 1.48. The van der Waals surface area contributed by atoms with Crippen molar-refractivity contribution in [2.45, 2.75) is 6.54 Å². The Balaban J connectivity index is 2.64. The van der Waals surface area contributed by atoms with Crippen LogP contribution in [0, 0.1) is 3.57 Å². The lowest BCUT2D eigenvalue weighted by atomic mass is 9.93. The van der Waals surface area contributed by atoms with Gasteiger partial charge in [-0.25, -0.2) is 5.06 Å². The predicted molar refractivity (Wildman–Crippen MR) is 59.0 cm³/mol. The molecular weight excluding hydrogens is 280 g/mol. The van der Waals surface area contributed by atoms with Crippen molar-refractivity contribution in [3.63, 3.8) is 0 Å². The van der Waals surface area contributed by atoms with E-state index in [0.717, 1.165) is 19.7 Å². The second-order valence-electron chi connectivity index (χ2n) is 3.14. The second kappa shape index (κ2) is 2.99. The maximum absolute atomic E-state index is 11.4. The summed E-state index contributed by atoms with van der Waals surface area (Å²) in [5.41, 5.74) is 2.61. The Morgan fingerprint density at radius 1 is 1.54 bits per heavy atom. The summed E-state index contributed by atoms with van der Waals surface area (Å²) in [6, 6.07) is 3.82. The molecule has 2 rings (SSSR count). The van der Waals surface area contributed by atoms with Crippen molar-refractivity contribution in [2.75, 3.05) is 0 Å². The van der Waals surface area contributed by atoms with Gasteiger partial charge >= 0.3 is 0 Å². The van der Waals surface area contributed by atoms with Crippen LogP contribution in [0.3, 0.4) is 0 Å². The number of fused-ring (bicyclic) bond motifs is 1. The largest absolute Gasteiger partial charge is 0.285 e. The number of halogens is 1. The summed E-state index contributed by atoms with van der Waals surface area (Å²) in [6.45, 7) is 0.312. The monoisotopic (exact) mass is 287 g/mol. The first kappa shape index (κ1) is 9.02. The Labute approximate surface area is 90.2 Å². The third kappa shape index (κ3) is 1.36. The standard InChI is InChI=1S/C8H7BINO2/c9-4-1-5-6(7(10)2-4)3-11(13)8(5)12/h1-2,13H,3,9H2. The molecule has 5 heteroatoms. The van der Waals surface area contributed by atoms with E-state index in [1.165, 1.54) is 0 Å². The Morgan fingerprint density at radius 3 is 2.92 bits per heavy atom. The molecule has 0 atom stereocenters. The van der Waals surface area contributed by atoms with E-state index in [-0.39, 0.29) is 5.91 Å². The summed E-state index contributed by atoms with van der Waals surface area (Å²) in [4.78, 5) is 11.4. The van der Waals surface area contributed by atoms with Crippen molar-refractivity contribution in [3.8, 4) is 0 Å². The molecule has 0 unspecified atom stereocenters. The third-order valence-electron chi connectivity index (χ3n) is 2.11. The van der Waals surface area contributed by atoms with Gasteiger partial charge in [-0.1, -0.05) is 17.6 Å². The number of hydroxylamine groups is 2. The van der Waals surface area contributed by atoms with Crippen LogP contribution in [0.2, 0.25) is 0 Å². The number of nitrogens with zero attached hydrogens (tertiary/aromatic N) is 1. The number of rotatable bonds is 0. The van der Waals surface area contributed by atoms with E-state index >= 15 is 0 Å². The topological polar surface area (TPSA) is 40.5 Å². The maximum Gasteiger partial charge on any atom is 0.277 e. The van der Waals surface area contributed by atoms with Crippen LogP contribution in [-0.2, 0) is 6.54 Å². The Morgan fingerprint density at radius 2 is 2.23 bits per heavy atom. The molecule has 0 bridgehead atoms. The minimum Gasteiger partial charge on any atom is -0.285 e. The number of carbonyl (C=O) groups is 1. The van der Waals surface area contributed by atoms with E-state index in [1.807, 2.05) is 20.0 Å². The lowest BCUT2D eigenvalue weighted by Crippen LogP contribution is -2.18. The van der Waals surface area contributed by atoms with Gasteiger partial charge in [0.1, 0.15) is 7.85 Å². The molecule has 1 aliphatic heterocycles. The van der Waals surface area contributed by atoms with E-state index in [1.54, 1.807) is 0 Å². The summed E-state index contributed by atoms with van der Waals surface area (Å²) in [7, 11) is 1.94. The molecule has 0 aliphatic carbocycles. The first-order valence-corrected chi connectivity index (χ1v) is 4.97. The van der Waals surface area contributed by atoms with Crippen LogP contribution >= 0.6 is 22.6 Å². The number of carbonyl (C=O) groups excluding carboxylic acids is 1. The first-order chi connectivity index (χ1) is 6.09. The van der Waals surface area contributed by atoms with E-state index in [0.29, 0.717) is 12.1 Å². The normalized spacial score (nSPS) is 14.9. The molecule has 0 saturated carbocycles. The van der Waals surface area contributed by atoms with Gasteiger partial charge in [-0.15, -0.1) is 0 Å². The summed E-state index contributed by atoms with van der Waals surface area (Å²) in [5, 5.41) is 9.97. The average molecular weight is 287 g/mol. The molecular formula is C8H7BINO2. The highest BCUT2D eigenvalue weighted by atomic mass is 127. The molecule has 1 aromatic carbocycles. The van der Waals surface area contributed by atoms with Crippen LogP contribution in [0.1, 0.15) is 15.9 Å². The van der Waals surface area contributed by atoms with Gasteiger partial charge < -0.3 is 0 Å². The number of hydrogen-bond acceptors (Lipinski definition) is 2. The van der Waals surface area contributed by atoms with Crippen molar-refractivity contribution < 1.29 is 10.0 Å². The minimum atomic E-state index is -0.295. The van der Waals surface area contributed by atoms with Gasteiger partial charge in [0.05, 0.1) is 6.54 Å². The lowest BCUT2D eigenvalue weighted by Gasteiger charge is -2.02. The molecule has 0 spiro atoms. The molecule has 13 heavy (non-hydrogen) atoms. The summed E-state index contributed by atoms with van der Waals surface area (Å²) < 4.78 is 1.04. The second-order valence-corrected chi connectivity index (χ2v) is 4.30. The fourth-order valence-corrected chi connectivity index (χ4v) is 2.44. The molecule has 3 nitrogen and oxygen atoms in total. The van der Waals surface area contributed by atoms with Gasteiger partial charge in [0.25, 0.3) is 5.91 Å². The third-order valence-corrected chi connectivity index (χ3v) is 3.08. The summed E-state index contributed by atoms with van der Waals surface area (Å²) in [5.74, 6) is -0.295. The Hall–Kier alpha value is -0.555. The predicted octanol–water partition coefficient (Wildman–Crippen LogP) is -0.105. The molecule has 1 aromatic rings. The molecule has 1 aliphatic rings. The number of benzene rings is 1. The zero-order valence-corrected chi connectivity index (χ0v) is 9.20. The summed E-state index contributed by atoms with van der Waals surface area (Å²) in [6.07, 6.45) is 0. The number of amides is 1. The van der Waals surface area contributed by atoms with Crippen LogP contribution in [0.4, 0.5) is 0 Å². The molecule has 0 radical (unpaired) electrons. The quantitative estimate of drug-likeness (QED) is 0.411. The van der Waals surface area contributed by atoms with Crippen LogP contribution in [-0.4, -0.2) is 24.0 Å². The van der Waals surface area contributed by atoms with Crippen LogP contribution < -0.4 is 5.46 Å². The van der Waals surface area contributed by atoms with Gasteiger partial charge in [-0.05, 0) is 22.6 Å². The molecule has 1 heterocycles. The molecule has 66 valence electrons. The van der Waals surface area contributed by atoms with Crippen molar-refractivity contribution in [1.29, 1.82) is 0 Å². The van der Waals surface area contributed by atoms with Gasteiger partial charge in [-0.3, -0.25) is 10.0 Å². The zero-order valence-electron chi connectivity index (χ0n) is 7.04. The SMILES string of the molecule is Bc1cc(I)c2c(c1)C(=O)N(O)C2. The van der Waals surface area contributed by atoms with Gasteiger partial charge in [0, 0.05) is 14.7 Å². The minimum absolute atomic E-state index is 0.295. The molecule has 0 saturated heterocycles. The van der Waals surface area contributed by atoms with E-state index in [4.69, 9.17) is 0 Å². The zero-order chi connectivity index (χ0) is 9.59. The van der Waals surface area contributed by atoms with Gasteiger partial charge in [0.15, 0.2) is 0 Å². The summed E-state index contributed by atoms with van der Waals surface area (Å²) >= 11 is 2.18. The highest BCUT2D eigenvalue weighted by Gasteiger charge is 2.27.